The van der Waals surface area contributed by atoms with Crippen LogP contribution in [0.5, 0.6) is 0 Å². The third-order valence-electron chi connectivity index (χ3n) is 8.06. The molecule has 31 heavy (non-hydrogen) atoms. The summed E-state index contributed by atoms with van der Waals surface area (Å²) < 4.78 is 16.6. The normalized spacial score (nSPS) is 21.9. The lowest BCUT2D eigenvalue weighted by atomic mass is 9.77. The molecule has 3 heteroatoms. The van der Waals surface area contributed by atoms with Gasteiger partial charge in [0.05, 0.1) is 5.25 Å². The van der Waals surface area contributed by atoms with Gasteiger partial charge in [-0.25, -0.2) is 4.21 Å². The van der Waals surface area contributed by atoms with E-state index in [1.807, 2.05) is 13.8 Å². The minimum absolute atomic E-state index is 0.327. The first kappa shape index (κ1) is 25.1. The molecule has 2 unspecified atom stereocenters. The summed E-state index contributed by atoms with van der Waals surface area (Å²) in [5, 5.41) is 0.327. The van der Waals surface area contributed by atoms with Crippen LogP contribution >= 0.6 is 0 Å². The second-order valence-electron chi connectivity index (χ2n) is 9.99. The fourth-order valence-electron chi connectivity index (χ4n) is 6.49. The van der Waals surface area contributed by atoms with Crippen molar-refractivity contribution < 1.29 is 4.21 Å². The molecule has 2 fully saturated rings. The van der Waals surface area contributed by atoms with Crippen LogP contribution in [0.15, 0.2) is 0 Å². The van der Waals surface area contributed by atoms with E-state index in [1.165, 1.54) is 95.6 Å². The number of nitrogens with zero attached hydrogens (tertiary/aromatic N) is 1. The molecule has 1 aromatic heterocycles. The van der Waals surface area contributed by atoms with Crippen molar-refractivity contribution >= 4 is 11.0 Å². The van der Waals surface area contributed by atoms with Crippen molar-refractivity contribution in [2.75, 3.05) is 0 Å². The van der Waals surface area contributed by atoms with Crippen LogP contribution in [0.1, 0.15) is 158 Å². The first-order chi connectivity index (χ1) is 15.3. The van der Waals surface area contributed by atoms with Gasteiger partial charge in [0.2, 0.25) is 0 Å². The second-order valence-corrected chi connectivity index (χ2v) is 11.6. The number of hydrogen-bond donors (Lipinski definition) is 0. The minimum Gasteiger partial charge on any atom is -0.267 e. The van der Waals surface area contributed by atoms with Crippen molar-refractivity contribution in [2.24, 2.45) is 0 Å². The highest BCUT2D eigenvalue weighted by atomic mass is 32.2. The molecule has 1 aromatic rings. The van der Waals surface area contributed by atoms with E-state index in [4.69, 9.17) is 0 Å². The van der Waals surface area contributed by atoms with E-state index in [9.17, 15) is 4.21 Å². The van der Waals surface area contributed by atoms with Crippen LogP contribution in [0.2, 0.25) is 0 Å². The Hall–Kier alpha value is -0.570. The third kappa shape index (κ3) is 5.50. The van der Waals surface area contributed by atoms with Gasteiger partial charge in [-0.3, -0.25) is 3.97 Å². The zero-order valence-electron chi connectivity index (χ0n) is 21.0. The smallest absolute Gasteiger partial charge is 0.127 e. The second kappa shape index (κ2) is 12.6. The summed E-state index contributed by atoms with van der Waals surface area (Å²) in [5.41, 5.74) is 6.47. The largest absolute Gasteiger partial charge is 0.267 e. The predicted molar refractivity (Wildman–Crippen MR) is 137 cm³/mol. The summed E-state index contributed by atoms with van der Waals surface area (Å²) in [6.45, 7) is 8.52. The summed E-state index contributed by atoms with van der Waals surface area (Å²) in [5.74, 6) is 1.42. The fraction of sp³-hybridized carbons (Fsp3) is 0.857. The highest BCUT2D eigenvalue weighted by molar-refractivity contribution is 7.84. The molecule has 0 bridgehead atoms. The SMILES string of the molecule is CC.CCCCC(CC)S(=O)n1c2c(c(C3CCCCC3)c1C1CCCCC1)CCC2. The molecule has 4 rings (SSSR count). The Morgan fingerprint density at radius 3 is 2.06 bits per heavy atom. The molecule has 0 spiro atoms. The minimum atomic E-state index is -0.885. The lowest BCUT2D eigenvalue weighted by Crippen LogP contribution is -2.26. The molecular formula is C28H49NOS. The molecule has 0 N–H and O–H groups in total. The Morgan fingerprint density at radius 2 is 1.48 bits per heavy atom. The van der Waals surface area contributed by atoms with Gasteiger partial charge in [0.25, 0.3) is 0 Å². The molecule has 3 aliphatic carbocycles. The standard InChI is InChI=1S/C26H43NOS.C2H6/c1-3-5-17-22(4-2)29(28)27-24-19-12-18-23(24)25(20-13-8-6-9-14-20)26(27)21-15-10-7-11-16-21;1-2/h20-22H,3-19H2,1-2H3;1-2H3. The van der Waals surface area contributed by atoms with Gasteiger partial charge < -0.3 is 0 Å². The maximum Gasteiger partial charge on any atom is 0.127 e. The van der Waals surface area contributed by atoms with Crippen LogP contribution in [0, 0.1) is 0 Å². The van der Waals surface area contributed by atoms with Crippen molar-refractivity contribution in [3.05, 3.63) is 22.5 Å². The van der Waals surface area contributed by atoms with E-state index >= 15 is 0 Å². The summed E-state index contributed by atoms with van der Waals surface area (Å²) >= 11 is 0. The molecule has 2 saturated carbocycles. The highest BCUT2D eigenvalue weighted by Crippen LogP contribution is 2.47. The van der Waals surface area contributed by atoms with E-state index in [-0.39, 0.29) is 0 Å². The van der Waals surface area contributed by atoms with Gasteiger partial charge in [0.1, 0.15) is 11.0 Å². The molecule has 0 saturated heterocycles. The van der Waals surface area contributed by atoms with Crippen LogP contribution in [0.3, 0.4) is 0 Å². The Labute approximate surface area is 195 Å². The highest BCUT2D eigenvalue weighted by Gasteiger charge is 2.37. The first-order valence-corrected chi connectivity index (χ1v) is 15.1. The molecular weight excluding hydrogens is 398 g/mol. The molecule has 178 valence electrons. The van der Waals surface area contributed by atoms with Crippen LogP contribution in [-0.4, -0.2) is 13.4 Å². The first-order valence-electron chi connectivity index (χ1n) is 13.9. The molecule has 2 atom stereocenters. The van der Waals surface area contributed by atoms with Crippen molar-refractivity contribution in [1.29, 1.82) is 0 Å². The van der Waals surface area contributed by atoms with Crippen molar-refractivity contribution in [2.45, 2.75) is 154 Å². The summed E-state index contributed by atoms with van der Waals surface area (Å²) in [7, 11) is -0.885. The number of unbranched alkanes of at least 4 members (excludes halogenated alkanes) is 1. The van der Waals surface area contributed by atoms with Gasteiger partial charge in [-0.15, -0.1) is 0 Å². The Bertz CT molecular complexity index is 694. The Morgan fingerprint density at radius 1 is 0.871 bits per heavy atom. The van der Waals surface area contributed by atoms with E-state index in [2.05, 4.69) is 17.8 Å². The van der Waals surface area contributed by atoms with Crippen molar-refractivity contribution in [3.8, 4) is 0 Å². The quantitative estimate of drug-likeness (QED) is 0.391. The van der Waals surface area contributed by atoms with Crippen LogP contribution in [0.4, 0.5) is 0 Å². The maximum atomic E-state index is 14.1. The van der Waals surface area contributed by atoms with Gasteiger partial charge in [-0.2, -0.15) is 0 Å². The number of aromatic nitrogens is 1. The van der Waals surface area contributed by atoms with E-state index in [1.54, 1.807) is 16.8 Å². The van der Waals surface area contributed by atoms with Crippen molar-refractivity contribution in [3.63, 3.8) is 0 Å². The monoisotopic (exact) mass is 447 g/mol. The number of rotatable bonds is 8. The zero-order chi connectivity index (χ0) is 22.2. The molecule has 0 aromatic carbocycles. The molecule has 3 aliphatic rings. The van der Waals surface area contributed by atoms with Gasteiger partial charge in [0.15, 0.2) is 0 Å². The number of fused-ring (bicyclic) bond motifs is 1. The Balaban J connectivity index is 0.00000132. The average molecular weight is 448 g/mol. The van der Waals surface area contributed by atoms with Gasteiger partial charge in [0, 0.05) is 17.3 Å². The van der Waals surface area contributed by atoms with E-state index < -0.39 is 11.0 Å². The average Bonchev–Trinajstić information content (AvgIpc) is 3.42. The van der Waals surface area contributed by atoms with Crippen LogP contribution in [0.25, 0.3) is 0 Å². The lowest BCUT2D eigenvalue weighted by Gasteiger charge is -2.30. The van der Waals surface area contributed by atoms with Crippen LogP contribution in [-0.2, 0) is 23.8 Å². The summed E-state index contributed by atoms with van der Waals surface area (Å²) in [4.78, 5) is 0. The Kier molecular flexibility index (Phi) is 10.2. The molecule has 0 amide bonds. The predicted octanol–water partition coefficient (Wildman–Crippen LogP) is 8.58. The molecule has 2 nitrogen and oxygen atoms in total. The van der Waals surface area contributed by atoms with Gasteiger partial charge >= 0.3 is 0 Å². The van der Waals surface area contributed by atoms with Crippen molar-refractivity contribution in [1.82, 2.24) is 3.97 Å². The number of hydrogen-bond acceptors (Lipinski definition) is 1. The van der Waals surface area contributed by atoms with E-state index in [0.717, 1.165) is 25.2 Å². The van der Waals surface area contributed by atoms with E-state index in [0.29, 0.717) is 11.2 Å². The molecule has 1 heterocycles. The maximum absolute atomic E-state index is 14.1. The van der Waals surface area contributed by atoms with Gasteiger partial charge in [-0.1, -0.05) is 79.1 Å². The lowest BCUT2D eigenvalue weighted by molar-refractivity contribution is 0.412. The summed E-state index contributed by atoms with van der Waals surface area (Å²) in [6.07, 6.45) is 22.0. The topological polar surface area (TPSA) is 22.0 Å². The fourth-order valence-corrected chi connectivity index (χ4v) is 8.31. The molecule has 0 aliphatic heterocycles. The summed E-state index contributed by atoms with van der Waals surface area (Å²) in [6, 6.07) is 0. The van der Waals surface area contributed by atoms with Crippen LogP contribution < -0.4 is 0 Å². The molecule has 0 radical (unpaired) electrons. The van der Waals surface area contributed by atoms with Gasteiger partial charge in [-0.05, 0) is 74.8 Å². The third-order valence-corrected chi connectivity index (χ3v) is 9.98. The zero-order valence-corrected chi connectivity index (χ0v) is 21.8.